The van der Waals surface area contributed by atoms with Crippen molar-refractivity contribution in [3.8, 4) is 28.4 Å². The monoisotopic (exact) mass is 452 g/mol. The van der Waals surface area contributed by atoms with Gasteiger partial charge in [0.2, 0.25) is 0 Å². The van der Waals surface area contributed by atoms with Crippen molar-refractivity contribution in [2.75, 3.05) is 29.9 Å². The maximum absolute atomic E-state index is 12.3. The molecule has 3 aromatic carbocycles. The minimum atomic E-state index is -0.0928. The maximum Gasteiger partial charge on any atom is 0.265 e. The van der Waals surface area contributed by atoms with Crippen LogP contribution < -0.4 is 25.4 Å². The Morgan fingerprint density at radius 3 is 2.62 bits per heavy atom. The summed E-state index contributed by atoms with van der Waals surface area (Å²) < 4.78 is 11.5. The van der Waals surface area contributed by atoms with Crippen molar-refractivity contribution in [1.82, 2.24) is 4.98 Å². The van der Waals surface area contributed by atoms with Crippen LogP contribution in [0.25, 0.3) is 11.1 Å². The number of amides is 1. The lowest BCUT2D eigenvalue weighted by molar-refractivity contribution is -0.121. The summed E-state index contributed by atoms with van der Waals surface area (Å²) >= 11 is 0. The molecule has 4 aromatic rings. The van der Waals surface area contributed by atoms with Crippen LogP contribution in [0.1, 0.15) is 0 Å². The summed E-state index contributed by atoms with van der Waals surface area (Å²) in [6.07, 6.45) is 1.75. The molecular formula is C27H24N4O3. The number of carbonyl (C=O) groups excluding carboxylic acids is 1. The van der Waals surface area contributed by atoms with E-state index >= 15 is 0 Å². The zero-order valence-electron chi connectivity index (χ0n) is 18.5. The SMILES string of the molecule is NCCN1C(=O)COc2ccc(-c3ccnc(Nc4cccc(Oc5ccccc5)c4)c3)cc21. The molecular weight excluding hydrogens is 428 g/mol. The standard InChI is InChI=1S/C27H24N4O3/c28-12-14-31-24-15-19(9-10-25(24)33-18-27(31)32)20-11-13-29-26(16-20)30-21-5-4-8-23(17-21)34-22-6-2-1-3-7-22/h1-11,13,15-17H,12,14,18,28H2,(H,29,30). The average molecular weight is 453 g/mol. The number of nitrogens with two attached hydrogens (primary N) is 1. The Morgan fingerprint density at radius 1 is 0.941 bits per heavy atom. The van der Waals surface area contributed by atoms with Gasteiger partial charge < -0.3 is 25.4 Å². The molecule has 0 saturated carbocycles. The lowest BCUT2D eigenvalue weighted by Gasteiger charge is -2.29. The van der Waals surface area contributed by atoms with Crippen LogP contribution >= 0.6 is 0 Å². The summed E-state index contributed by atoms with van der Waals surface area (Å²) in [6, 6.07) is 27.1. The molecule has 1 aliphatic heterocycles. The van der Waals surface area contributed by atoms with E-state index in [9.17, 15) is 4.79 Å². The van der Waals surface area contributed by atoms with Gasteiger partial charge in [-0.1, -0.05) is 30.3 Å². The van der Waals surface area contributed by atoms with Gasteiger partial charge >= 0.3 is 0 Å². The molecule has 1 amide bonds. The first-order valence-corrected chi connectivity index (χ1v) is 11.0. The summed E-state index contributed by atoms with van der Waals surface area (Å²) in [4.78, 5) is 18.5. The number of fused-ring (bicyclic) bond motifs is 1. The van der Waals surface area contributed by atoms with Crippen LogP contribution in [0.5, 0.6) is 17.2 Å². The minimum Gasteiger partial charge on any atom is -0.482 e. The molecule has 7 heteroatoms. The molecule has 0 bridgehead atoms. The van der Waals surface area contributed by atoms with Crippen LogP contribution in [-0.4, -0.2) is 30.6 Å². The van der Waals surface area contributed by atoms with E-state index in [1.165, 1.54) is 0 Å². The highest BCUT2D eigenvalue weighted by atomic mass is 16.5. The highest BCUT2D eigenvalue weighted by molar-refractivity contribution is 5.98. The second-order valence-corrected chi connectivity index (χ2v) is 7.80. The number of hydrogen-bond donors (Lipinski definition) is 2. The van der Waals surface area contributed by atoms with Gasteiger partial charge in [-0.05, 0) is 59.7 Å². The number of carbonyl (C=O) groups is 1. The third-order valence-electron chi connectivity index (χ3n) is 5.43. The fourth-order valence-corrected chi connectivity index (χ4v) is 3.84. The Morgan fingerprint density at radius 2 is 1.76 bits per heavy atom. The fraction of sp³-hybridized carbons (Fsp3) is 0.111. The lowest BCUT2D eigenvalue weighted by atomic mass is 10.0. The maximum atomic E-state index is 12.3. The van der Waals surface area contributed by atoms with Gasteiger partial charge in [-0.3, -0.25) is 4.79 Å². The number of nitrogens with zero attached hydrogens (tertiary/aromatic N) is 2. The molecule has 0 atom stereocenters. The molecule has 5 rings (SSSR count). The van der Waals surface area contributed by atoms with Crippen LogP contribution in [0.3, 0.4) is 0 Å². The largest absolute Gasteiger partial charge is 0.482 e. The second kappa shape index (κ2) is 9.64. The zero-order valence-corrected chi connectivity index (χ0v) is 18.5. The molecule has 1 aromatic heterocycles. The lowest BCUT2D eigenvalue weighted by Crippen LogP contribution is -2.41. The van der Waals surface area contributed by atoms with Crippen LogP contribution in [0, 0.1) is 0 Å². The Bertz CT molecular complexity index is 1310. The Hall–Kier alpha value is -4.36. The van der Waals surface area contributed by atoms with Gasteiger partial charge in [0.1, 0.15) is 23.1 Å². The van der Waals surface area contributed by atoms with E-state index in [0.29, 0.717) is 24.7 Å². The first-order valence-electron chi connectivity index (χ1n) is 11.0. The van der Waals surface area contributed by atoms with Crippen LogP contribution in [0.15, 0.2) is 91.1 Å². The normalized spacial score (nSPS) is 12.6. The molecule has 170 valence electrons. The van der Waals surface area contributed by atoms with Crippen LogP contribution in [0.2, 0.25) is 0 Å². The van der Waals surface area contributed by atoms with Crippen molar-refractivity contribution in [3.05, 3.63) is 91.1 Å². The molecule has 0 unspecified atom stereocenters. The van der Waals surface area contributed by atoms with Gasteiger partial charge in [-0.25, -0.2) is 4.98 Å². The van der Waals surface area contributed by atoms with Crippen LogP contribution in [0.4, 0.5) is 17.2 Å². The van der Waals surface area contributed by atoms with Crippen molar-refractivity contribution < 1.29 is 14.3 Å². The second-order valence-electron chi connectivity index (χ2n) is 7.80. The third-order valence-corrected chi connectivity index (χ3v) is 5.43. The predicted octanol–water partition coefficient (Wildman–Crippen LogP) is 4.97. The molecule has 1 aliphatic rings. The Labute approximate surface area is 197 Å². The van der Waals surface area contributed by atoms with Gasteiger partial charge in [-0.15, -0.1) is 0 Å². The molecule has 34 heavy (non-hydrogen) atoms. The smallest absolute Gasteiger partial charge is 0.265 e. The van der Waals surface area contributed by atoms with Gasteiger partial charge in [0.05, 0.1) is 5.69 Å². The summed E-state index contributed by atoms with van der Waals surface area (Å²) in [5.41, 5.74) is 9.22. The number of rotatable bonds is 7. The summed E-state index contributed by atoms with van der Waals surface area (Å²) in [5, 5.41) is 3.34. The zero-order chi connectivity index (χ0) is 23.3. The van der Waals surface area contributed by atoms with Crippen molar-refractivity contribution in [2.24, 2.45) is 5.73 Å². The topological polar surface area (TPSA) is 89.7 Å². The molecule has 0 aliphatic carbocycles. The number of hydrogen-bond acceptors (Lipinski definition) is 6. The summed E-state index contributed by atoms with van der Waals surface area (Å²) in [5.74, 6) is 2.78. The molecule has 0 radical (unpaired) electrons. The summed E-state index contributed by atoms with van der Waals surface area (Å²) in [7, 11) is 0. The van der Waals surface area contributed by atoms with Crippen molar-refractivity contribution in [1.29, 1.82) is 0 Å². The van der Waals surface area contributed by atoms with E-state index in [1.54, 1.807) is 11.1 Å². The Kier molecular flexibility index (Phi) is 6.09. The first-order chi connectivity index (χ1) is 16.7. The summed E-state index contributed by atoms with van der Waals surface area (Å²) in [6.45, 7) is 0.859. The minimum absolute atomic E-state index is 0.0305. The van der Waals surface area contributed by atoms with E-state index in [0.717, 1.165) is 34.0 Å². The third kappa shape index (κ3) is 4.69. The number of benzene rings is 3. The number of aromatic nitrogens is 1. The quantitative estimate of drug-likeness (QED) is 0.412. The van der Waals surface area contributed by atoms with E-state index in [-0.39, 0.29) is 12.5 Å². The number of pyridine rings is 1. The van der Waals surface area contributed by atoms with Gasteiger partial charge in [0.15, 0.2) is 6.61 Å². The van der Waals surface area contributed by atoms with Gasteiger partial charge in [0.25, 0.3) is 5.91 Å². The molecule has 2 heterocycles. The molecule has 0 fully saturated rings. The first kappa shape index (κ1) is 21.5. The molecule has 7 nitrogen and oxygen atoms in total. The number of nitrogens with one attached hydrogen (secondary N) is 1. The average Bonchev–Trinajstić information content (AvgIpc) is 2.87. The van der Waals surface area contributed by atoms with Gasteiger partial charge in [-0.2, -0.15) is 0 Å². The van der Waals surface area contributed by atoms with E-state index in [4.69, 9.17) is 15.2 Å². The van der Waals surface area contributed by atoms with E-state index < -0.39 is 0 Å². The van der Waals surface area contributed by atoms with Crippen molar-refractivity contribution in [3.63, 3.8) is 0 Å². The fourth-order valence-electron chi connectivity index (χ4n) is 3.84. The van der Waals surface area contributed by atoms with Crippen LogP contribution in [-0.2, 0) is 4.79 Å². The van der Waals surface area contributed by atoms with E-state index in [2.05, 4.69) is 10.3 Å². The molecule has 3 N–H and O–H groups in total. The number of para-hydroxylation sites is 1. The van der Waals surface area contributed by atoms with Gasteiger partial charge in [0, 0.05) is 31.0 Å². The van der Waals surface area contributed by atoms with Crippen molar-refractivity contribution >= 4 is 23.1 Å². The highest BCUT2D eigenvalue weighted by Crippen LogP contribution is 2.36. The molecule has 0 saturated heterocycles. The number of anilines is 3. The highest BCUT2D eigenvalue weighted by Gasteiger charge is 2.25. The van der Waals surface area contributed by atoms with Crippen molar-refractivity contribution in [2.45, 2.75) is 0 Å². The Balaban J connectivity index is 1.38. The van der Waals surface area contributed by atoms with E-state index in [1.807, 2.05) is 84.9 Å². The predicted molar refractivity (Wildman–Crippen MR) is 133 cm³/mol. The number of ether oxygens (including phenoxy) is 2. The molecule has 0 spiro atoms.